The van der Waals surface area contributed by atoms with Gasteiger partial charge in [0.1, 0.15) is 23.5 Å². The number of aliphatic carboxylic acids is 1. The van der Waals surface area contributed by atoms with Crippen molar-refractivity contribution in [1.82, 2.24) is 9.88 Å². The molecule has 0 unspecified atom stereocenters. The second kappa shape index (κ2) is 11.9. The van der Waals surface area contributed by atoms with Crippen molar-refractivity contribution in [2.45, 2.75) is 32.1 Å². The second-order valence-electron chi connectivity index (χ2n) is 9.49. The highest BCUT2D eigenvalue weighted by Crippen LogP contribution is 2.40. The highest BCUT2D eigenvalue weighted by Gasteiger charge is 2.33. The summed E-state index contributed by atoms with van der Waals surface area (Å²) < 4.78 is 67.6. The summed E-state index contributed by atoms with van der Waals surface area (Å²) in [6, 6.07) is 5.45. The average molecular weight is 600 g/mol. The number of rotatable bonds is 8. The van der Waals surface area contributed by atoms with Crippen LogP contribution in [0.4, 0.5) is 23.2 Å². The largest absolute Gasteiger partial charge is 0.497 e. The Bertz CT molecular complexity index is 1550. The number of alkyl halides is 3. The van der Waals surface area contributed by atoms with E-state index in [0.717, 1.165) is 19.4 Å². The Morgan fingerprint density at radius 3 is 2.39 bits per heavy atom. The molecule has 1 saturated heterocycles. The molecule has 1 aliphatic heterocycles. The van der Waals surface area contributed by atoms with Gasteiger partial charge in [0.05, 0.1) is 31.0 Å². The van der Waals surface area contributed by atoms with Gasteiger partial charge in [-0.05, 0) is 36.6 Å². The predicted molar refractivity (Wildman–Crippen MR) is 143 cm³/mol. The number of nitrogens with zero attached hydrogens (tertiary/aromatic N) is 2. The molecule has 2 aromatic carbocycles. The van der Waals surface area contributed by atoms with Gasteiger partial charge in [-0.1, -0.05) is 17.7 Å². The molecule has 3 aromatic rings. The molecule has 0 radical (unpaired) electrons. The van der Waals surface area contributed by atoms with E-state index in [0.29, 0.717) is 15.9 Å². The minimum absolute atomic E-state index is 0.105. The average Bonchev–Trinajstić information content (AvgIpc) is 2.92. The van der Waals surface area contributed by atoms with Crippen LogP contribution in [0.3, 0.4) is 0 Å². The number of halogens is 5. The number of carboxylic acids is 1. The molecule has 2 heterocycles. The van der Waals surface area contributed by atoms with Gasteiger partial charge in [-0.2, -0.15) is 13.2 Å². The summed E-state index contributed by atoms with van der Waals surface area (Å²) in [5.41, 5.74) is -1.71. The molecule has 14 heteroatoms. The Labute approximate surface area is 236 Å². The van der Waals surface area contributed by atoms with Crippen molar-refractivity contribution < 1.29 is 41.7 Å². The third kappa shape index (κ3) is 6.34. The van der Waals surface area contributed by atoms with Crippen molar-refractivity contribution in [3.8, 4) is 11.5 Å². The van der Waals surface area contributed by atoms with Gasteiger partial charge in [0.25, 0.3) is 5.91 Å². The van der Waals surface area contributed by atoms with Crippen LogP contribution in [0.5, 0.6) is 11.5 Å². The number of anilines is 1. The van der Waals surface area contributed by atoms with Crippen molar-refractivity contribution in [3.63, 3.8) is 0 Å². The van der Waals surface area contributed by atoms with E-state index in [1.807, 2.05) is 0 Å². The maximum Gasteiger partial charge on any atom is 0.406 e. The van der Waals surface area contributed by atoms with Crippen LogP contribution in [0.2, 0.25) is 5.02 Å². The molecule has 0 bridgehead atoms. The first-order valence-corrected chi connectivity index (χ1v) is 12.8. The fourth-order valence-corrected chi connectivity index (χ4v) is 5.11. The van der Waals surface area contributed by atoms with Gasteiger partial charge >= 0.3 is 12.1 Å². The third-order valence-corrected chi connectivity index (χ3v) is 7.25. The minimum Gasteiger partial charge on any atom is -0.497 e. The Morgan fingerprint density at radius 1 is 1.15 bits per heavy atom. The number of piperidine rings is 1. The normalized spacial score (nSPS) is 14.3. The van der Waals surface area contributed by atoms with E-state index >= 15 is 4.39 Å². The maximum atomic E-state index is 15.5. The van der Waals surface area contributed by atoms with Gasteiger partial charge in [0.2, 0.25) is 5.43 Å². The number of aromatic nitrogens is 1. The lowest BCUT2D eigenvalue weighted by Gasteiger charge is -2.33. The Hall–Kier alpha value is -4.00. The monoisotopic (exact) mass is 599 g/mol. The molecule has 2 N–H and O–H groups in total. The molecule has 1 aliphatic rings. The lowest BCUT2D eigenvalue weighted by atomic mass is 9.96. The molecule has 0 atom stereocenters. The van der Waals surface area contributed by atoms with Crippen LogP contribution < -0.4 is 25.1 Å². The zero-order chi connectivity index (χ0) is 30.1. The number of carboxylic acid groups (broad SMARTS) is 1. The highest BCUT2D eigenvalue weighted by atomic mass is 35.5. The van der Waals surface area contributed by atoms with Gasteiger partial charge in [0, 0.05) is 30.9 Å². The number of hydrogen-bond donors (Lipinski definition) is 2. The third-order valence-electron chi connectivity index (χ3n) is 6.90. The first-order chi connectivity index (χ1) is 19.3. The van der Waals surface area contributed by atoms with Crippen LogP contribution >= 0.6 is 11.6 Å². The first-order valence-electron chi connectivity index (χ1n) is 12.4. The van der Waals surface area contributed by atoms with E-state index < -0.39 is 52.7 Å². The zero-order valence-corrected chi connectivity index (χ0v) is 22.7. The summed E-state index contributed by atoms with van der Waals surface area (Å²) in [4.78, 5) is 39.2. The predicted octanol–water partition coefficient (Wildman–Crippen LogP) is 4.60. The molecule has 220 valence electrons. The summed E-state index contributed by atoms with van der Waals surface area (Å²) in [6.45, 7) is -1.54. The van der Waals surface area contributed by atoms with Gasteiger partial charge < -0.3 is 29.4 Å². The van der Waals surface area contributed by atoms with Crippen LogP contribution in [0.15, 0.2) is 35.3 Å². The highest BCUT2D eigenvalue weighted by molar-refractivity contribution is 6.31. The van der Waals surface area contributed by atoms with Gasteiger partial charge in [-0.25, -0.2) is 4.39 Å². The summed E-state index contributed by atoms with van der Waals surface area (Å²) in [7, 11) is 2.57. The van der Waals surface area contributed by atoms with Crippen LogP contribution in [0.25, 0.3) is 10.9 Å². The summed E-state index contributed by atoms with van der Waals surface area (Å²) in [5, 5.41) is 11.5. The molecule has 0 saturated carbocycles. The number of nitrogens with one attached hydrogen (secondary N) is 1. The smallest absolute Gasteiger partial charge is 0.406 e. The molecule has 0 aliphatic carbocycles. The number of carbonyl (C=O) groups excluding carboxylic acids is 1. The van der Waals surface area contributed by atoms with Crippen molar-refractivity contribution in [2.24, 2.45) is 5.92 Å². The zero-order valence-electron chi connectivity index (χ0n) is 22.0. The van der Waals surface area contributed by atoms with E-state index in [4.69, 9.17) is 21.1 Å². The Kier molecular flexibility index (Phi) is 8.66. The fourth-order valence-electron chi connectivity index (χ4n) is 4.88. The summed E-state index contributed by atoms with van der Waals surface area (Å²) in [5.74, 6) is -3.43. The van der Waals surface area contributed by atoms with E-state index in [1.54, 1.807) is 12.1 Å². The van der Waals surface area contributed by atoms with Crippen LogP contribution in [-0.2, 0) is 17.9 Å². The lowest BCUT2D eigenvalue weighted by molar-refractivity contribution is -0.142. The van der Waals surface area contributed by atoms with Crippen LogP contribution in [0, 0.1) is 11.7 Å². The summed E-state index contributed by atoms with van der Waals surface area (Å²) >= 11 is 6.19. The molecular weight excluding hydrogens is 574 g/mol. The number of methoxy groups -OCH3 is 2. The molecule has 1 fully saturated rings. The lowest BCUT2D eigenvalue weighted by Crippen LogP contribution is -2.37. The van der Waals surface area contributed by atoms with E-state index in [9.17, 15) is 32.7 Å². The fraction of sp³-hybridized carbons (Fsp3) is 0.370. The van der Waals surface area contributed by atoms with E-state index in [1.165, 1.54) is 18.1 Å². The number of ether oxygens (including phenoxy) is 2. The Morgan fingerprint density at radius 2 is 1.83 bits per heavy atom. The number of pyridine rings is 1. The SMILES string of the molecule is COc1ccc(CNC(=O)c2cn(CC(F)(F)F)c3c(OC)c(N4CCC(C(=O)O)CC4)c(F)cc3c2=O)c(Cl)c1. The molecular formula is C27H26ClF4N3O6. The number of amides is 1. The van der Waals surface area contributed by atoms with Crippen LogP contribution in [-0.4, -0.2) is 55.0 Å². The molecule has 9 nitrogen and oxygen atoms in total. The van der Waals surface area contributed by atoms with Crippen molar-refractivity contribution >= 4 is 40.1 Å². The van der Waals surface area contributed by atoms with Crippen molar-refractivity contribution in [1.29, 1.82) is 0 Å². The Balaban J connectivity index is 1.79. The van der Waals surface area contributed by atoms with Crippen molar-refractivity contribution in [3.05, 3.63) is 62.7 Å². The summed E-state index contributed by atoms with van der Waals surface area (Å²) in [6.07, 6.45) is -3.64. The second-order valence-corrected chi connectivity index (χ2v) is 9.90. The number of hydrogen-bond acceptors (Lipinski definition) is 6. The molecule has 0 spiro atoms. The minimum atomic E-state index is -4.77. The molecule has 4 rings (SSSR count). The van der Waals surface area contributed by atoms with Gasteiger partial charge in [-0.3, -0.25) is 14.4 Å². The van der Waals surface area contributed by atoms with Gasteiger partial charge in [0.15, 0.2) is 11.6 Å². The topological polar surface area (TPSA) is 110 Å². The van der Waals surface area contributed by atoms with E-state index in [2.05, 4.69) is 5.32 Å². The maximum absolute atomic E-state index is 15.5. The number of fused-ring (bicyclic) bond motifs is 1. The van der Waals surface area contributed by atoms with Crippen molar-refractivity contribution in [2.75, 3.05) is 32.2 Å². The quantitative estimate of drug-likeness (QED) is 0.364. The van der Waals surface area contributed by atoms with Crippen LogP contribution in [0.1, 0.15) is 28.8 Å². The number of benzene rings is 2. The standard InChI is InChI=1S/C27H26ClF4N3O6/c1-40-16-4-3-15(19(28)9-16)11-33-25(37)18-12-35(13-27(30,31)32)21-17(23(18)36)10-20(29)22(24(21)41-2)34-7-5-14(6-8-34)26(38)39/h3-4,9-10,12,14H,5-8,11,13H2,1-2H3,(H,33,37)(H,38,39). The van der Waals surface area contributed by atoms with Gasteiger partial charge in [-0.15, -0.1) is 0 Å². The molecule has 1 amide bonds. The number of carbonyl (C=O) groups is 2. The first kappa shape index (κ1) is 30.0. The van der Waals surface area contributed by atoms with E-state index in [-0.39, 0.29) is 54.5 Å². The molecule has 1 aromatic heterocycles. The molecule has 41 heavy (non-hydrogen) atoms.